The molecule has 10 heteroatoms. The fourth-order valence-electron chi connectivity index (χ4n) is 2.00. The highest BCUT2D eigenvalue weighted by atomic mass is 35.5. The molecular weight excluding hydrogens is 450 g/mol. The van der Waals surface area contributed by atoms with Gasteiger partial charge in [0.2, 0.25) is 17.7 Å². The number of carbonyl (C=O) groups excluding carboxylic acids is 3. The molecule has 1 aromatic rings. The zero-order valence-corrected chi connectivity index (χ0v) is 20.3. The number of benzene rings is 1. The predicted molar refractivity (Wildman–Crippen MR) is 126 cm³/mol. The van der Waals surface area contributed by atoms with Crippen molar-refractivity contribution in [2.75, 3.05) is 40.0 Å². The second kappa shape index (κ2) is 18.9. The maximum atomic E-state index is 12.3. The third-order valence-corrected chi connectivity index (χ3v) is 3.74. The van der Waals surface area contributed by atoms with Crippen LogP contribution in [0.3, 0.4) is 0 Å². The Morgan fingerprint density at radius 3 is 2.24 bits per heavy atom. The topological polar surface area (TPSA) is 126 Å². The summed E-state index contributed by atoms with van der Waals surface area (Å²) in [6, 6.07) is 6.62. The van der Waals surface area contributed by atoms with Gasteiger partial charge in [0, 0.05) is 24.2 Å². The van der Waals surface area contributed by atoms with Gasteiger partial charge < -0.3 is 20.1 Å². The monoisotopic (exact) mass is 483 g/mol. The Morgan fingerprint density at radius 2 is 1.67 bits per heavy atom. The highest BCUT2D eigenvalue weighted by Gasteiger charge is 2.20. The van der Waals surface area contributed by atoms with Gasteiger partial charge in [0.1, 0.15) is 5.92 Å². The van der Waals surface area contributed by atoms with E-state index in [0.717, 1.165) is 5.92 Å². The van der Waals surface area contributed by atoms with Crippen molar-refractivity contribution in [3.05, 3.63) is 34.9 Å². The summed E-state index contributed by atoms with van der Waals surface area (Å²) in [6.07, 6.45) is -0.363. The molecule has 0 fully saturated rings. The van der Waals surface area contributed by atoms with Gasteiger partial charge in [-0.1, -0.05) is 44.2 Å². The number of hydroxylamine groups is 1. The van der Waals surface area contributed by atoms with Crippen LogP contribution in [0.4, 0.5) is 0 Å². The first kappa shape index (κ1) is 30.4. The third kappa shape index (κ3) is 17.6. The van der Waals surface area contributed by atoms with Crippen LogP contribution < -0.4 is 16.1 Å². The molecule has 1 atom stereocenters. The molecule has 0 aliphatic rings. The van der Waals surface area contributed by atoms with Crippen molar-refractivity contribution < 1.29 is 29.1 Å². The lowest BCUT2D eigenvalue weighted by molar-refractivity contribution is -0.133. The summed E-state index contributed by atoms with van der Waals surface area (Å²) in [5.74, 6) is 3.43. The van der Waals surface area contributed by atoms with Crippen molar-refractivity contribution in [3.8, 4) is 11.8 Å². The lowest BCUT2D eigenvalue weighted by Gasteiger charge is -2.11. The third-order valence-electron chi connectivity index (χ3n) is 3.49. The highest BCUT2D eigenvalue weighted by molar-refractivity contribution is 6.30. The first-order valence-corrected chi connectivity index (χ1v) is 10.9. The van der Waals surface area contributed by atoms with Crippen LogP contribution >= 0.6 is 11.6 Å². The average Bonchev–Trinajstić information content (AvgIpc) is 2.77. The molecule has 0 aliphatic carbocycles. The van der Waals surface area contributed by atoms with Gasteiger partial charge in [0.05, 0.1) is 32.8 Å². The molecule has 4 N–H and O–H groups in total. The minimum Gasteiger partial charge on any atom is -0.382 e. The zero-order valence-electron chi connectivity index (χ0n) is 19.6. The molecular formula is C23H34ClN3O6. The van der Waals surface area contributed by atoms with E-state index in [0.29, 0.717) is 30.4 Å². The molecule has 1 aromatic carbocycles. The number of hydrogen-bond acceptors (Lipinski definition) is 6. The van der Waals surface area contributed by atoms with Crippen LogP contribution in [0.25, 0.3) is 0 Å². The summed E-state index contributed by atoms with van der Waals surface area (Å²) in [6.45, 7) is 7.70. The summed E-state index contributed by atoms with van der Waals surface area (Å²) in [5, 5.41) is 14.2. The lowest BCUT2D eigenvalue weighted by atomic mass is 10.0. The Labute approximate surface area is 200 Å². The van der Waals surface area contributed by atoms with E-state index in [1.165, 1.54) is 5.48 Å². The van der Waals surface area contributed by atoms with Gasteiger partial charge in [0.25, 0.3) is 0 Å². The molecule has 184 valence electrons. The average molecular weight is 484 g/mol. The van der Waals surface area contributed by atoms with Crippen LogP contribution in [0.5, 0.6) is 0 Å². The fraction of sp³-hybridized carbons (Fsp3) is 0.522. The molecule has 0 spiro atoms. The molecule has 0 heterocycles. The summed E-state index contributed by atoms with van der Waals surface area (Å²) in [4.78, 5) is 35.5. The number of rotatable bonds is 11. The zero-order chi connectivity index (χ0) is 25.1. The van der Waals surface area contributed by atoms with Gasteiger partial charge in [-0.25, -0.2) is 5.48 Å². The molecule has 0 aromatic heterocycles. The molecule has 9 nitrogen and oxygen atoms in total. The molecule has 0 aliphatic heterocycles. The predicted octanol–water partition coefficient (Wildman–Crippen LogP) is 1.76. The smallest absolute Gasteiger partial charge is 0.245 e. The normalized spacial score (nSPS) is 10.8. The number of carbonyl (C=O) groups is 3. The van der Waals surface area contributed by atoms with E-state index in [4.69, 9.17) is 26.3 Å². The molecule has 0 bridgehead atoms. The Hall–Kier alpha value is -2.64. The lowest BCUT2D eigenvalue weighted by Crippen LogP contribution is -2.41. The molecule has 0 radical (unpaired) electrons. The van der Waals surface area contributed by atoms with Crippen molar-refractivity contribution in [1.82, 2.24) is 16.1 Å². The van der Waals surface area contributed by atoms with Gasteiger partial charge >= 0.3 is 0 Å². The molecule has 1 unspecified atom stereocenters. The van der Waals surface area contributed by atoms with E-state index < -0.39 is 23.6 Å². The number of halogens is 1. The number of ether oxygens (including phenoxy) is 2. The Balaban J connectivity index is 0.00000235. The maximum Gasteiger partial charge on any atom is 0.245 e. The quantitative estimate of drug-likeness (QED) is 0.164. The van der Waals surface area contributed by atoms with Gasteiger partial charge in [-0.05, 0) is 30.2 Å². The fourth-order valence-corrected chi connectivity index (χ4v) is 2.13. The second-order valence-electron chi connectivity index (χ2n) is 7.47. The van der Waals surface area contributed by atoms with Gasteiger partial charge in [-0.15, -0.1) is 0 Å². The van der Waals surface area contributed by atoms with Crippen molar-refractivity contribution >= 4 is 29.3 Å². The largest absolute Gasteiger partial charge is 0.382 e. The van der Waals surface area contributed by atoms with Crippen molar-refractivity contribution in [1.29, 1.82) is 0 Å². The van der Waals surface area contributed by atoms with Gasteiger partial charge in [-0.2, -0.15) is 0 Å². The standard InChI is InChI=1S/C19H24ClN3O6.C4H10/c1-28-10-11-29-9-8-21-18(25)13-22-19(26)15(12-17(24)23-27)5-2-14-3-6-16(20)7-4-14;1-4(2)3/h3-4,6-7,15,27H,8-13H2,1H3,(H,21,25)(H,22,26)(H,23,24);4H,1-3H3. The molecule has 1 rings (SSSR count). The number of nitrogens with one attached hydrogen (secondary N) is 3. The maximum absolute atomic E-state index is 12.3. The molecule has 0 saturated heterocycles. The van der Waals surface area contributed by atoms with E-state index >= 15 is 0 Å². The van der Waals surface area contributed by atoms with Crippen LogP contribution in [0, 0.1) is 23.7 Å². The summed E-state index contributed by atoms with van der Waals surface area (Å²) >= 11 is 5.81. The summed E-state index contributed by atoms with van der Waals surface area (Å²) in [5.41, 5.74) is 2.06. The summed E-state index contributed by atoms with van der Waals surface area (Å²) in [7, 11) is 1.56. The molecule has 33 heavy (non-hydrogen) atoms. The Kier molecular flexibility index (Phi) is 17.4. The van der Waals surface area contributed by atoms with Crippen molar-refractivity contribution in [2.24, 2.45) is 11.8 Å². The Morgan fingerprint density at radius 1 is 1.03 bits per heavy atom. The number of hydrogen-bond donors (Lipinski definition) is 4. The first-order chi connectivity index (χ1) is 15.7. The van der Waals surface area contributed by atoms with E-state index in [-0.39, 0.29) is 19.5 Å². The van der Waals surface area contributed by atoms with Crippen molar-refractivity contribution in [3.63, 3.8) is 0 Å². The highest BCUT2D eigenvalue weighted by Crippen LogP contribution is 2.09. The first-order valence-electron chi connectivity index (χ1n) is 10.5. The minimum atomic E-state index is -1.05. The van der Waals surface area contributed by atoms with Gasteiger partial charge in [0.15, 0.2) is 0 Å². The minimum absolute atomic E-state index is 0.281. The van der Waals surface area contributed by atoms with Crippen LogP contribution in [0.15, 0.2) is 24.3 Å². The molecule has 3 amide bonds. The van der Waals surface area contributed by atoms with Gasteiger partial charge in [-0.3, -0.25) is 19.6 Å². The number of methoxy groups -OCH3 is 1. The Bertz CT molecular complexity index is 772. The van der Waals surface area contributed by atoms with E-state index in [2.05, 4.69) is 43.2 Å². The van der Waals surface area contributed by atoms with Crippen LogP contribution in [0.1, 0.15) is 32.8 Å². The van der Waals surface area contributed by atoms with Crippen LogP contribution in [-0.4, -0.2) is 62.9 Å². The van der Waals surface area contributed by atoms with E-state index in [9.17, 15) is 14.4 Å². The second-order valence-corrected chi connectivity index (χ2v) is 7.91. The van der Waals surface area contributed by atoms with Crippen LogP contribution in [0.2, 0.25) is 5.02 Å². The number of amides is 3. The van der Waals surface area contributed by atoms with Crippen LogP contribution in [-0.2, 0) is 23.9 Å². The summed E-state index contributed by atoms with van der Waals surface area (Å²) < 4.78 is 10.0. The SMILES string of the molecule is CC(C)C.COCCOCCNC(=O)CNC(=O)C(C#Cc1ccc(Cl)cc1)CC(=O)NO. The van der Waals surface area contributed by atoms with Crippen molar-refractivity contribution in [2.45, 2.75) is 27.2 Å². The van der Waals surface area contributed by atoms with E-state index in [1.807, 2.05) is 0 Å². The van der Waals surface area contributed by atoms with E-state index in [1.54, 1.807) is 31.4 Å². The molecule has 0 saturated carbocycles.